The summed E-state index contributed by atoms with van der Waals surface area (Å²) in [4.78, 5) is 0. The minimum absolute atomic E-state index is 0.387. The lowest BCUT2D eigenvalue weighted by Crippen LogP contribution is -2.21. The Kier molecular flexibility index (Phi) is 3.78. The second kappa shape index (κ2) is 5.31. The van der Waals surface area contributed by atoms with Crippen LogP contribution in [0.15, 0.2) is 24.3 Å². The molecule has 15 heavy (non-hydrogen) atoms. The van der Waals surface area contributed by atoms with Gasteiger partial charge in [0.05, 0.1) is 7.11 Å². The van der Waals surface area contributed by atoms with Gasteiger partial charge in [-0.1, -0.05) is 6.07 Å². The average Bonchev–Trinajstić information content (AvgIpc) is 2.31. The maximum Gasteiger partial charge on any atom is 0.123 e. The Balaban J connectivity index is 1.96. The van der Waals surface area contributed by atoms with E-state index in [9.17, 15) is 0 Å². The Bertz CT molecular complexity index is 308. The molecular weight excluding hydrogens is 208 g/mol. The van der Waals surface area contributed by atoms with E-state index in [-0.39, 0.29) is 0 Å². The van der Waals surface area contributed by atoms with Crippen molar-refractivity contribution in [3.63, 3.8) is 0 Å². The zero-order valence-electron chi connectivity index (χ0n) is 8.94. The molecule has 1 aliphatic heterocycles. The third-order valence-electron chi connectivity index (χ3n) is 2.51. The molecule has 0 aromatic heterocycles. The standard InChI is InChI=1S/C12H16O2S/c1-13-11-3-2-4-12(9-11)14-10-5-7-15-8-6-10/h2-4,9-10H,5-8H2,1H3. The van der Waals surface area contributed by atoms with Gasteiger partial charge in [-0.15, -0.1) is 0 Å². The van der Waals surface area contributed by atoms with E-state index >= 15 is 0 Å². The normalized spacial score (nSPS) is 17.4. The quantitative estimate of drug-likeness (QED) is 0.786. The van der Waals surface area contributed by atoms with E-state index in [1.54, 1.807) is 7.11 Å². The van der Waals surface area contributed by atoms with Crippen molar-refractivity contribution in [2.45, 2.75) is 18.9 Å². The molecule has 0 bridgehead atoms. The maximum atomic E-state index is 5.90. The predicted octanol–water partition coefficient (Wildman–Crippen LogP) is 2.97. The Morgan fingerprint density at radius 2 is 1.93 bits per heavy atom. The molecule has 0 unspecified atom stereocenters. The molecule has 1 heterocycles. The van der Waals surface area contributed by atoms with Crippen molar-refractivity contribution in [3.8, 4) is 11.5 Å². The van der Waals surface area contributed by atoms with Crippen LogP contribution in [0.1, 0.15) is 12.8 Å². The van der Waals surface area contributed by atoms with Gasteiger partial charge < -0.3 is 9.47 Å². The maximum absolute atomic E-state index is 5.90. The van der Waals surface area contributed by atoms with Crippen molar-refractivity contribution >= 4 is 11.8 Å². The third kappa shape index (κ3) is 3.06. The first-order chi connectivity index (χ1) is 7.38. The van der Waals surface area contributed by atoms with Crippen molar-refractivity contribution < 1.29 is 9.47 Å². The van der Waals surface area contributed by atoms with Crippen molar-refractivity contribution in [3.05, 3.63) is 24.3 Å². The molecule has 0 amide bonds. The van der Waals surface area contributed by atoms with Gasteiger partial charge in [-0.2, -0.15) is 11.8 Å². The van der Waals surface area contributed by atoms with Gasteiger partial charge in [0.25, 0.3) is 0 Å². The number of hydrogen-bond donors (Lipinski definition) is 0. The highest BCUT2D eigenvalue weighted by molar-refractivity contribution is 7.99. The van der Waals surface area contributed by atoms with Crippen LogP contribution in [0.25, 0.3) is 0 Å². The first-order valence-electron chi connectivity index (χ1n) is 5.27. The number of benzene rings is 1. The lowest BCUT2D eigenvalue weighted by molar-refractivity contribution is 0.191. The van der Waals surface area contributed by atoms with Gasteiger partial charge in [0.2, 0.25) is 0 Å². The molecule has 0 aliphatic carbocycles. The fourth-order valence-corrected chi connectivity index (χ4v) is 2.72. The molecule has 2 nitrogen and oxygen atoms in total. The number of ether oxygens (including phenoxy) is 2. The number of hydrogen-bond acceptors (Lipinski definition) is 3. The van der Waals surface area contributed by atoms with Crippen LogP contribution in [-0.4, -0.2) is 24.7 Å². The Labute approximate surface area is 95.0 Å². The summed E-state index contributed by atoms with van der Waals surface area (Å²) in [7, 11) is 1.68. The van der Waals surface area contributed by atoms with Crippen LogP contribution in [0.3, 0.4) is 0 Å². The Morgan fingerprint density at radius 1 is 1.20 bits per heavy atom. The summed E-state index contributed by atoms with van der Waals surface area (Å²) in [6, 6.07) is 7.83. The van der Waals surface area contributed by atoms with Gasteiger partial charge >= 0.3 is 0 Å². The van der Waals surface area contributed by atoms with Gasteiger partial charge in [-0.05, 0) is 36.5 Å². The average molecular weight is 224 g/mol. The van der Waals surface area contributed by atoms with E-state index in [0.29, 0.717) is 6.10 Å². The summed E-state index contributed by atoms with van der Waals surface area (Å²) in [5.74, 6) is 4.22. The van der Waals surface area contributed by atoms with E-state index in [0.717, 1.165) is 24.3 Å². The highest BCUT2D eigenvalue weighted by Crippen LogP contribution is 2.25. The van der Waals surface area contributed by atoms with E-state index in [2.05, 4.69) is 0 Å². The molecule has 1 fully saturated rings. The molecule has 0 spiro atoms. The van der Waals surface area contributed by atoms with Crippen LogP contribution in [0.2, 0.25) is 0 Å². The van der Waals surface area contributed by atoms with Crippen LogP contribution in [0.4, 0.5) is 0 Å². The molecule has 1 aromatic rings. The van der Waals surface area contributed by atoms with E-state index < -0.39 is 0 Å². The van der Waals surface area contributed by atoms with Gasteiger partial charge in [0.15, 0.2) is 0 Å². The zero-order valence-corrected chi connectivity index (χ0v) is 9.76. The predicted molar refractivity (Wildman–Crippen MR) is 64.0 cm³/mol. The molecule has 3 heteroatoms. The molecule has 0 saturated carbocycles. The second-order valence-corrected chi connectivity index (χ2v) is 4.83. The molecule has 82 valence electrons. The zero-order chi connectivity index (χ0) is 10.5. The van der Waals surface area contributed by atoms with E-state index in [4.69, 9.17) is 9.47 Å². The highest BCUT2D eigenvalue weighted by Gasteiger charge is 2.15. The van der Waals surface area contributed by atoms with Gasteiger partial charge in [0, 0.05) is 6.07 Å². The lowest BCUT2D eigenvalue weighted by atomic mass is 10.2. The summed E-state index contributed by atoms with van der Waals surface area (Å²) in [5, 5.41) is 0. The topological polar surface area (TPSA) is 18.5 Å². The summed E-state index contributed by atoms with van der Waals surface area (Å²) >= 11 is 2.01. The minimum atomic E-state index is 0.387. The summed E-state index contributed by atoms with van der Waals surface area (Å²) in [6.45, 7) is 0. The largest absolute Gasteiger partial charge is 0.497 e. The molecule has 2 rings (SSSR count). The van der Waals surface area contributed by atoms with Gasteiger partial charge in [-0.25, -0.2) is 0 Å². The summed E-state index contributed by atoms with van der Waals surface area (Å²) in [5.41, 5.74) is 0. The van der Waals surface area contributed by atoms with Crippen LogP contribution in [0.5, 0.6) is 11.5 Å². The molecule has 1 aliphatic rings. The lowest BCUT2D eigenvalue weighted by Gasteiger charge is -2.22. The fourth-order valence-electron chi connectivity index (χ4n) is 1.66. The van der Waals surface area contributed by atoms with Crippen LogP contribution < -0.4 is 9.47 Å². The van der Waals surface area contributed by atoms with Crippen LogP contribution >= 0.6 is 11.8 Å². The Morgan fingerprint density at radius 3 is 2.67 bits per heavy atom. The number of rotatable bonds is 3. The summed E-state index contributed by atoms with van der Waals surface area (Å²) < 4.78 is 11.1. The van der Waals surface area contributed by atoms with Crippen molar-refractivity contribution in [1.29, 1.82) is 0 Å². The Hall–Kier alpha value is -0.830. The number of methoxy groups -OCH3 is 1. The van der Waals surface area contributed by atoms with Gasteiger partial charge in [0.1, 0.15) is 17.6 Å². The SMILES string of the molecule is COc1cccc(OC2CCSCC2)c1. The van der Waals surface area contributed by atoms with Crippen LogP contribution in [0, 0.1) is 0 Å². The molecular formula is C12H16O2S. The minimum Gasteiger partial charge on any atom is -0.497 e. The summed E-state index contributed by atoms with van der Waals surface area (Å²) in [6.07, 6.45) is 2.70. The molecule has 1 aromatic carbocycles. The molecule has 1 saturated heterocycles. The van der Waals surface area contributed by atoms with Crippen molar-refractivity contribution in [2.75, 3.05) is 18.6 Å². The molecule has 0 radical (unpaired) electrons. The second-order valence-electron chi connectivity index (χ2n) is 3.61. The third-order valence-corrected chi connectivity index (χ3v) is 3.56. The van der Waals surface area contributed by atoms with Crippen LogP contribution in [-0.2, 0) is 0 Å². The van der Waals surface area contributed by atoms with Crippen molar-refractivity contribution in [2.24, 2.45) is 0 Å². The first-order valence-corrected chi connectivity index (χ1v) is 6.42. The molecule has 0 N–H and O–H groups in total. The van der Waals surface area contributed by atoms with E-state index in [1.807, 2.05) is 36.0 Å². The number of thioether (sulfide) groups is 1. The highest BCUT2D eigenvalue weighted by atomic mass is 32.2. The van der Waals surface area contributed by atoms with Gasteiger partial charge in [-0.3, -0.25) is 0 Å². The van der Waals surface area contributed by atoms with Crippen molar-refractivity contribution in [1.82, 2.24) is 0 Å². The monoisotopic (exact) mass is 224 g/mol. The smallest absolute Gasteiger partial charge is 0.123 e. The molecule has 0 atom stereocenters. The van der Waals surface area contributed by atoms with E-state index in [1.165, 1.54) is 11.5 Å². The first kappa shape index (κ1) is 10.7. The fraction of sp³-hybridized carbons (Fsp3) is 0.500.